The highest BCUT2D eigenvalue weighted by Gasteiger charge is 2.49. The Kier molecular flexibility index (Phi) is 8.98. The number of benzene rings is 3. The minimum Gasteiger partial charge on any atom is -0.340 e. The number of carbonyl (C=O) groups is 2. The van der Waals surface area contributed by atoms with Crippen LogP contribution >= 0.6 is 0 Å². The van der Waals surface area contributed by atoms with Gasteiger partial charge in [0.2, 0.25) is 11.8 Å². The maximum atomic E-state index is 14.3. The molecule has 2 N–H and O–H groups in total. The molecule has 1 aliphatic carbocycles. The van der Waals surface area contributed by atoms with Crippen LogP contribution in [0, 0.1) is 5.41 Å². The lowest BCUT2D eigenvalue weighted by molar-refractivity contribution is -0.139. The number of nitrogens with zero attached hydrogens (tertiary/aromatic N) is 5. The van der Waals surface area contributed by atoms with Gasteiger partial charge in [0.25, 0.3) is 0 Å². The van der Waals surface area contributed by atoms with E-state index in [4.69, 9.17) is 9.97 Å². The van der Waals surface area contributed by atoms with Crippen LogP contribution in [0.1, 0.15) is 100 Å². The van der Waals surface area contributed by atoms with Crippen molar-refractivity contribution in [3.05, 3.63) is 108 Å². The zero-order valence-electron chi connectivity index (χ0n) is 30.6. The number of carbonyl (C=O) groups excluding carboxylic acids is 2. The van der Waals surface area contributed by atoms with Crippen molar-refractivity contribution in [2.75, 3.05) is 26.2 Å². The molecular formula is C44H49N7O2. The van der Waals surface area contributed by atoms with Crippen LogP contribution < -0.4 is 0 Å². The molecule has 2 amide bonds. The maximum Gasteiger partial charge on any atom is 0.245 e. The second-order valence-electron chi connectivity index (χ2n) is 15.8. The molecule has 4 aliphatic rings. The fourth-order valence-electron chi connectivity index (χ4n) is 8.83. The van der Waals surface area contributed by atoms with E-state index in [0.717, 1.165) is 128 Å². The summed E-state index contributed by atoms with van der Waals surface area (Å²) in [5.41, 5.74) is 7.26. The zero-order chi connectivity index (χ0) is 35.9. The van der Waals surface area contributed by atoms with Crippen LogP contribution in [0.3, 0.4) is 0 Å². The molecule has 2 aromatic heterocycles. The number of hydrogen-bond acceptors (Lipinski definition) is 5. The summed E-state index contributed by atoms with van der Waals surface area (Å²) in [6, 6.07) is 27.2. The monoisotopic (exact) mass is 707 g/mol. The molecule has 5 heterocycles. The molecule has 3 aliphatic heterocycles. The Bertz CT molecular complexity index is 2060. The SMILES string of the molecule is CC1(C(=O)N2CCC[C@H]2c2ncc(-c3ccc(-c4ccc(-c5cnc([C@@H]6CCCN6C(=O)[C@@H](c6ccccc6)N6CCCCC6)[nH]5)cc4)cc3)[nH]2)CC1. The third-order valence-corrected chi connectivity index (χ3v) is 12.2. The fourth-order valence-corrected chi connectivity index (χ4v) is 8.83. The lowest BCUT2D eigenvalue weighted by atomic mass is 10.00. The summed E-state index contributed by atoms with van der Waals surface area (Å²) in [7, 11) is 0. The molecule has 3 saturated heterocycles. The van der Waals surface area contributed by atoms with Gasteiger partial charge in [-0.05, 0) is 92.3 Å². The number of likely N-dealkylation sites (tertiary alicyclic amines) is 3. The van der Waals surface area contributed by atoms with Crippen LogP contribution in [0.5, 0.6) is 0 Å². The summed E-state index contributed by atoms with van der Waals surface area (Å²) in [4.78, 5) is 50.6. The average molecular weight is 708 g/mol. The van der Waals surface area contributed by atoms with Crippen molar-refractivity contribution in [2.45, 2.75) is 82.8 Å². The van der Waals surface area contributed by atoms with Crippen LogP contribution in [0.4, 0.5) is 0 Å². The highest BCUT2D eigenvalue weighted by molar-refractivity contribution is 5.85. The van der Waals surface area contributed by atoms with Crippen molar-refractivity contribution in [3.63, 3.8) is 0 Å². The number of aromatic amines is 2. The number of amides is 2. The summed E-state index contributed by atoms with van der Waals surface area (Å²) < 4.78 is 0. The Hall–Kier alpha value is -5.02. The van der Waals surface area contributed by atoms with E-state index in [1.165, 1.54) is 6.42 Å². The largest absolute Gasteiger partial charge is 0.340 e. The molecule has 272 valence electrons. The van der Waals surface area contributed by atoms with Gasteiger partial charge in [0.05, 0.1) is 35.9 Å². The average Bonchev–Trinajstić information content (AvgIpc) is 3.81. The zero-order valence-corrected chi connectivity index (χ0v) is 30.6. The van der Waals surface area contributed by atoms with E-state index in [-0.39, 0.29) is 35.4 Å². The minimum absolute atomic E-state index is 0.0356. The first-order chi connectivity index (χ1) is 25.9. The molecule has 4 fully saturated rings. The molecule has 3 aromatic carbocycles. The Morgan fingerprint density at radius 1 is 0.642 bits per heavy atom. The number of H-pyrrole nitrogens is 2. The van der Waals surface area contributed by atoms with Gasteiger partial charge < -0.3 is 19.8 Å². The number of hydrogen-bond donors (Lipinski definition) is 2. The highest BCUT2D eigenvalue weighted by atomic mass is 16.2. The van der Waals surface area contributed by atoms with Crippen molar-refractivity contribution in [3.8, 4) is 33.6 Å². The molecule has 0 radical (unpaired) electrons. The Morgan fingerprint density at radius 2 is 1.15 bits per heavy atom. The molecule has 3 atom stereocenters. The van der Waals surface area contributed by atoms with Crippen molar-refractivity contribution in [1.29, 1.82) is 0 Å². The van der Waals surface area contributed by atoms with E-state index < -0.39 is 0 Å². The molecular weight excluding hydrogens is 659 g/mol. The van der Waals surface area contributed by atoms with Gasteiger partial charge >= 0.3 is 0 Å². The van der Waals surface area contributed by atoms with Crippen LogP contribution in [0.25, 0.3) is 33.6 Å². The summed E-state index contributed by atoms with van der Waals surface area (Å²) in [6.07, 6.45) is 13.2. The summed E-state index contributed by atoms with van der Waals surface area (Å²) in [5.74, 6) is 2.23. The van der Waals surface area contributed by atoms with Gasteiger partial charge in [-0.3, -0.25) is 14.5 Å². The van der Waals surface area contributed by atoms with E-state index in [0.29, 0.717) is 0 Å². The lowest BCUT2D eigenvalue weighted by Crippen LogP contribution is -2.44. The van der Waals surface area contributed by atoms with E-state index in [2.05, 4.69) is 92.3 Å². The first kappa shape index (κ1) is 33.8. The summed E-state index contributed by atoms with van der Waals surface area (Å²) in [5, 5.41) is 0. The Labute approximate surface area is 311 Å². The van der Waals surface area contributed by atoms with Gasteiger partial charge in [-0.2, -0.15) is 0 Å². The normalized spacial score (nSPS) is 21.9. The number of rotatable bonds is 9. The lowest BCUT2D eigenvalue weighted by Gasteiger charge is -2.37. The summed E-state index contributed by atoms with van der Waals surface area (Å²) >= 11 is 0. The van der Waals surface area contributed by atoms with Gasteiger partial charge in [0.15, 0.2) is 0 Å². The van der Waals surface area contributed by atoms with Crippen molar-refractivity contribution >= 4 is 11.8 Å². The van der Waals surface area contributed by atoms with Crippen LogP contribution in [-0.2, 0) is 9.59 Å². The van der Waals surface area contributed by atoms with E-state index in [1.54, 1.807) is 0 Å². The quantitative estimate of drug-likeness (QED) is 0.160. The van der Waals surface area contributed by atoms with Gasteiger partial charge in [-0.25, -0.2) is 9.97 Å². The highest BCUT2D eigenvalue weighted by Crippen LogP contribution is 2.49. The smallest absolute Gasteiger partial charge is 0.245 e. The van der Waals surface area contributed by atoms with E-state index >= 15 is 0 Å². The number of piperidine rings is 1. The topological polar surface area (TPSA) is 101 Å². The van der Waals surface area contributed by atoms with Crippen molar-refractivity contribution < 1.29 is 9.59 Å². The number of aromatic nitrogens is 4. The predicted octanol–water partition coefficient (Wildman–Crippen LogP) is 8.49. The Balaban J connectivity index is 0.872. The van der Waals surface area contributed by atoms with Crippen molar-refractivity contribution in [2.24, 2.45) is 5.41 Å². The fraction of sp³-hybridized carbons (Fsp3) is 0.409. The molecule has 0 spiro atoms. The number of imidazole rings is 2. The first-order valence-corrected chi connectivity index (χ1v) is 19.7. The molecule has 53 heavy (non-hydrogen) atoms. The van der Waals surface area contributed by atoms with E-state index in [1.807, 2.05) is 30.6 Å². The second-order valence-corrected chi connectivity index (χ2v) is 15.8. The third-order valence-electron chi connectivity index (χ3n) is 12.2. The molecule has 0 unspecified atom stereocenters. The van der Waals surface area contributed by atoms with E-state index in [9.17, 15) is 9.59 Å². The van der Waals surface area contributed by atoms with Gasteiger partial charge in [0.1, 0.15) is 17.7 Å². The predicted molar refractivity (Wildman–Crippen MR) is 206 cm³/mol. The third kappa shape index (κ3) is 6.60. The van der Waals surface area contributed by atoms with Gasteiger partial charge in [-0.15, -0.1) is 0 Å². The maximum absolute atomic E-state index is 14.3. The van der Waals surface area contributed by atoms with Crippen LogP contribution in [0.2, 0.25) is 0 Å². The van der Waals surface area contributed by atoms with Crippen LogP contribution in [-0.4, -0.2) is 72.6 Å². The molecule has 9 rings (SSSR count). The number of nitrogens with one attached hydrogen (secondary N) is 2. The van der Waals surface area contributed by atoms with Crippen LogP contribution in [0.15, 0.2) is 91.3 Å². The molecule has 0 bridgehead atoms. The van der Waals surface area contributed by atoms with Crippen molar-refractivity contribution in [1.82, 2.24) is 34.6 Å². The second kappa shape index (κ2) is 14.1. The minimum atomic E-state index is -0.250. The molecule has 1 saturated carbocycles. The first-order valence-electron chi connectivity index (χ1n) is 19.7. The Morgan fingerprint density at radius 3 is 1.70 bits per heavy atom. The molecule has 9 nitrogen and oxygen atoms in total. The molecule has 5 aromatic rings. The molecule has 9 heteroatoms. The standard InChI is InChI=1S/C44H49N7O2/c1-44(22-23-44)43(53)51-27-9-13-38(51)41-46-29-36(48-41)33-20-16-31(17-21-33)30-14-18-32(19-15-30)35-28-45-40(47-35)37-12-8-26-50(37)42(52)39(34-10-4-2-5-11-34)49-24-6-3-7-25-49/h2,4-5,10-11,14-21,28-29,37-39H,3,6-9,12-13,22-27H2,1H3,(H,45,47)(H,46,48)/t37-,38-,39+/m0/s1. The summed E-state index contributed by atoms with van der Waals surface area (Å²) in [6.45, 7) is 5.59. The van der Waals surface area contributed by atoms with Gasteiger partial charge in [0, 0.05) is 18.5 Å². The van der Waals surface area contributed by atoms with Gasteiger partial charge in [-0.1, -0.05) is 92.2 Å².